The summed E-state index contributed by atoms with van der Waals surface area (Å²) in [6.45, 7) is 7.44. The summed E-state index contributed by atoms with van der Waals surface area (Å²) in [5.41, 5.74) is 3.38. The largest absolute Gasteiger partial charge is 0.383 e. The number of carbonyl (C=O) groups is 2. The predicted octanol–water partition coefficient (Wildman–Crippen LogP) is 3.12. The highest BCUT2D eigenvalue weighted by atomic mass is 16.5. The molecule has 0 saturated carbocycles. The number of rotatable bonds is 11. The molecule has 1 aromatic heterocycles. The molecule has 0 saturated heterocycles. The second-order valence-electron chi connectivity index (χ2n) is 8.60. The number of ether oxygens (including phenoxy) is 1. The first kappa shape index (κ1) is 24.4. The Morgan fingerprint density at radius 1 is 1.12 bits per heavy atom. The number of amides is 2. The van der Waals surface area contributed by atoms with Crippen LogP contribution in [0.2, 0.25) is 0 Å². The Labute approximate surface area is 194 Å². The minimum Gasteiger partial charge on any atom is -0.383 e. The molecule has 8 heteroatoms. The molecular formula is C25H33N5O3. The molecule has 2 amide bonds. The van der Waals surface area contributed by atoms with E-state index in [0.29, 0.717) is 25.6 Å². The van der Waals surface area contributed by atoms with E-state index >= 15 is 0 Å². The summed E-state index contributed by atoms with van der Waals surface area (Å²) in [5, 5.41) is 11.2. The maximum absolute atomic E-state index is 13.6. The number of para-hydroxylation sites is 1. The van der Waals surface area contributed by atoms with Gasteiger partial charge < -0.3 is 15.0 Å². The lowest BCUT2D eigenvalue weighted by Gasteiger charge is -2.32. The molecule has 2 aromatic carbocycles. The van der Waals surface area contributed by atoms with Crippen LogP contribution in [0.15, 0.2) is 48.5 Å². The maximum atomic E-state index is 13.6. The van der Waals surface area contributed by atoms with E-state index in [9.17, 15) is 9.59 Å². The number of aromatic nitrogens is 3. The normalized spacial score (nSPS) is 12.2. The van der Waals surface area contributed by atoms with E-state index in [0.717, 1.165) is 28.6 Å². The van der Waals surface area contributed by atoms with Crippen molar-refractivity contribution in [1.29, 1.82) is 0 Å². The topological polar surface area (TPSA) is 89.4 Å². The molecule has 176 valence electrons. The van der Waals surface area contributed by atoms with Gasteiger partial charge in [0.1, 0.15) is 18.1 Å². The molecular weight excluding hydrogens is 418 g/mol. The second-order valence-corrected chi connectivity index (χ2v) is 8.60. The highest BCUT2D eigenvalue weighted by Crippen LogP contribution is 2.24. The number of nitrogens with zero attached hydrogens (tertiary/aromatic N) is 4. The Morgan fingerprint density at radius 3 is 2.55 bits per heavy atom. The minimum absolute atomic E-state index is 0.00627. The zero-order valence-electron chi connectivity index (χ0n) is 19.8. The SMILES string of the molecule is COCCNC(=O)[C@@H](c1ccc(C)cc1)N(CCC(C)C)C(=O)Cn1nnc2ccccc21. The number of hydrogen-bond donors (Lipinski definition) is 1. The Bertz CT molecular complexity index is 1060. The lowest BCUT2D eigenvalue weighted by molar-refractivity contribution is -0.141. The van der Waals surface area contributed by atoms with Crippen molar-refractivity contribution in [2.24, 2.45) is 5.92 Å². The fourth-order valence-electron chi connectivity index (χ4n) is 3.64. The highest BCUT2D eigenvalue weighted by molar-refractivity contribution is 5.89. The molecule has 3 aromatic rings. The molecule has 0 aliphatic heterocycles. The van der Waals surface area contributed by atoms with Gasteiger partial charge in [0.15, 0.2) is 0 Å². The molecule has 0 radical (unpaired) electrons. The number of fused-ring (bicyclic) bond motifs is 1. The number of benzene rings is 2. The van der Waals surface area contributed by atoms with E-state index in [4.69, 9.17) is 4.74 Å². The van der Waals surface area contributed by atoms with Gasteiger partial charge in [0, 0.05) is 20.2 Å². The molecule has 33 heavy (non-hydrogen) atoms. The van der Waals surface area contributed by atoms with Crippen molar-refractivity contribution in [3.05, 3.63) is 59.7 Å². The summed E-state index contributed by atoms with van der Waals surface area (Å²) in [7, 11) is 1.59. The van der Waals surface area contributed by atoms with Crippen LogP contribution in [0.1, 0.15) is 37.4 Å². The monoisotopic (exact) mass is 451 g/mol. The Balaban J connectivity index is 1.93. The van der Waals surface area contributed by atoms with Gasteiger partial charge in [0.05, 0.1) is 12.1 Å². The molecule has 0 aliphatic carbocycles. The van der Waals surface area contributed by atoms with Crippen LogP contribution in [0.5, 0.6) is 0 Å². The van der Waals surface area contributed by atoms with Crippen molar-refractivity contribution in [1.82, 2.24) is 25.2 Å². The van der Waals surface area contributed by atoms with E-state index in [1.165, 1.54) is 0 Å². The lowest BCUT2D eigenvalue weighted by Crippen LogP contribution is -2.46. The van der Waals surface area contributed by atoms with Crippen LogP contribution in [0.25, 0.3) is 11.0 Å². The zero-order chi connectivity index (χ0) is 23.8. The Kier molecular flexibility index (Phi) is 8.54. The van der Waals surface area contributed by atoms with Crippen molar-refractivity contribution < 1.29 is 14.3 Å². The van der Waals surface area contributed by atoms with Gasteiger partial charge in [-0.05, 0) is 37.0 Å². The van der Waals surface area contributed by atoms with E-state index < -0.39 is 6.04 Å². The van der Waals surface area contributed by atoms with Crippen LogP contribution in [0, 0.1) is 12.8 Å². The van der Waals surface area contributed by atoms with Gasteiger partial charge in [-0.2, -0.15) is 0 Å². The van der Waals surface area contributed by atoms with E-state index in [2.05, 4.69) is 29.5 Å². The van der Waals surface area contributed by atoms with Crippen molar-refractivity contribution in [2.45, 2.75) is 39.8 Å². The summed E-state index contributed by atoms with van der Waals surface area (Å²) < 4.78 is 6.67. The third-order valence-electron chi connectivity index (χ3n) is 5.53. The third-order valence-corrected chi connectivity index (χ3v) is 5.53. The summed E-state index contributed by atoms with van der Waals surface area (Å²) in [6.07, 6.45) is 0.775. The van der Waals surface area contributed by atoms with Crippen molar-refractivity contribution in [3.63, 3.8) is 0 Å². The molecule has 3 rings (SSSR count). The fourth-order valence-corrected chi connectivity index (χ4v) is 3.64. The van der Waals surface area contributed by atoms with Crippen molar-refractivity contribution in [3.8, 4) is 0 Å². The van der Waals surface area contributed by atoms with Gasteiger partial charge in [-0.25, -0.2) is 4.68 Å². The first-order valence-electron chi connectivity index (χ1n) is 11.3. The molecule has 0 fully saturated rings. The van der Waals surface area contributed by atoms with Gasteiger partial charge in [0.25, 0.3) is 0 Å². The molecule has 1 N–H and O–H groups in total. The summed E-state index contributed by atoms with van der Waals surface area (Å²) >= 11 is 0. The molecule has 1 heterocycles. The van der Waals surface area contributed by atoms with Crippen LogP contribution in [0.4, 0.5) is 0 Å². The molecule has 0 spiro atoms. The first-order chi connectivity index (χ1) is 15.9. The van der Waals surface area contributed by atoms with Gasteiger partial charge >= 0.3 is 0 Å². The van der Waals surface area contributed by atoms with Gasteiger partial charge in [-0.3, -0.25) is 9.59 Å². The quantitative estimate of drug-likeness (QED) is 0.453. The van der Waals surface area contributed by atoms with Crippen molar-refractivity contribution in [2.75, 3.05) is 26.8 Å². The maximum Gasteiger partial charge on any atom is 0.247 e. The molecule has 1 atom stereocenters. The van der Waals surface area contributed by atoms with Gasteiger partial charge in [-0.1, -0.05) is 61.0 Å². The van der Waals surface area contributed by atoms with Gasteiger partial charge in [0.2, 0.25) is 11.8 Å². The number of hydrogen-bond acceptors (Lipinski definition) is 5. The standard InChI is InChI=1S/C25H33N5O3/c1-18(2)13-15-29(23(31)17-30-22-8-6-5-7-21(22)27-28-30)24(25(32)26-14-16-33-4)20-11-9-19(3)10-12-20/h5-12,18,24H,13-17H2,1-4H3,(H,26,32)/t24-/m1/s1. The smallest absolute Gasteiger partial charge is 0.247 e. The van der Waals surface area contributed by atoms with Gasteiger partial charge in [-0.15, -0.1) is 5.10 Å². The average molecular weight is 452 g/mol. The van der Waals surface area contributed by atoms with Crippen LogP contribution in [-0.4, -0.2) is 58.5 Å². The minimum atomic E-state index is -0.747. The zero-order valence-corrected chi connectivity index (χ0v) is 19.8. The molecule has 8 nitrogen and oxygen atoms in total. The average Bonchev–Trinajstić information content (AvgIpc) is 3.20. The number of carbonyl (C=O) groups excluding carboxylic acids is 2. The summed E-state index contributed by atoms with van der Waals surface area (Å²) in [6, 6.07) is 14.5. The lowest BCUT2D eigenvalue weighted by atomic mass is 10.0. The van der Waals surface area contributed by atoms with Crippen molar-refractivity contribution >= 4 is 22.8 Å². The fraction of sp³-hybridized carbons (Fsp3) is 0.440. The van der Waals surface area contributed by atoms with E-state index in [-0.39, 0.29) is 18.4 Å². The third kappa shape index (κ3) is 6.38. The number of aryl methyl sites for hydroxylation is 1. The number of nitrogens with one attached hydrogen (secondary N) is 1. The Morgan fingerprint density at radius 2 is 1.85 bits per heavy atom. The summed E-state index contributed by atoms with van der Waals surface area (Å²) in [5.74, 6) is -0.0297. The van der Waals surface area contributed by atoms with Crippen LogP contribution >= 0.6 is 0 Å². The van der Waals surface area contributed by atoms with Crippen LogP contribution in [-0.2, 0) is 20.9 Å². The highest BCUT2D eigenvalue weighted by Gasteiger charge is 2.31. The van der Waals surface area contributed by atoms with E-state index in [1.54, 1.807) is 16.7 Å². The molecule has 0 bridgehead atoms. The van der Waals surface area contributed by atoms with Crippen LogP contribution in [0.3, 0.4) is 0 Å². The second kappa shape index (κ2) is 11.6. The molecule has 0 unspecified atom stereocenters. The van der Waals surface area contributed by atoms with E-state index in [1.807, 2.05) is 55.5 Å². The Hall–Kier alpha value is -3.26. The molecule has 0 aliphatic rings. The predicted molar refractivity (Wildman–Crippen MR) is 128 cm³/mol. The first-order valence-corrected chi connectivity index (χ1v) is 11.3. The summed E-state index contributed by atoms with van der Waals surface area (Å²) in [4.78, 5) is 28.6. The van der Waals surface area contributed by atoms with Crippen LogP contribution < -0.4 is 5.32 Å². The number of methoxy groups -OCH3 is 1.